The highest BCUT2D eigenvalue weighted by Crippen LogP contribution is 2.25. The Kier molecular flexibility index (Phi) is 5.43. The molecule has 24 heavy (non-hydrogen) atoms. The molecule has 2 heterocycles. The Balaban J connectivity index is 1.82. The van der Waals surface area contributed by atoms with E-state index in [-0.39, 0.29) is 12.5 Å². The number of methoxy groups -OCH3 is 1. The predicted octanol–water partition coefficient (Wildman–Crippen LogP) is 1.91. The minimum atomic E-state index is -0.486. The van der Waals surface area contributed by atoms with Crippen molar-refractivity contribution in [1.82, 2.24) is 15.5 Å². The first-order valence-corrected chi connectivity index (χ1v) is 8.19. The van der Waals surface area contributed by atoms with E-state index in [0.717, 1.165) is 31.5 Å². The zero-order valence-electron chi connectivity index (χ0n) is 13.8. The van der Waals surface area contributed by atoms with Crippen LogP contribution in [0.15, 0.2) is 34.7 Å². The van der Waals surface area contributed by atoms with Crippen LogP contribution in [0, 0.1) is 0 Å². The molecule has 0 aliphatic carbocycles. The second-order valence-corrected chi connectivity index (χ2v) is 5.81. The van der Waals surface area contributed by atoms with E-state index in [0.29, 0.717) is 11.9 Å². The summed E-state index contributed by atoms with van der Waals surface area (Å²) in [7, 11) is 1.48. The van der Waals surface area contributed by atoms with Gasteiger partial charge >= 0.3 is 6.01 Å². The molecule has 0 radical (unpaired) electrons. The van der Waals surface area contributed by atoms with Gasteiger partial charge in [0.2, 0.25) is 11.8 Å². The average molecular weight is 330 g/mol. The van der Waals surface area contributed by atoms with Crippen LogP contribution >= 0.6 is 0 Å². The molecule has 7 nitrogen and oxygen atoms in total. The lowest BCUT2D eigenvalue weighted by Gasteiger charge is -2.24. The summed E-state index contributed by atoms with van der Waals surface area (Å²) in [5.41, 5.74) is 0.885. The van der Waals surface area contributed by atoms with Crippen LogP contribution in [0.5, 0.6) is 0 Å². The molecule has 1 aliphatic heterocycles. The van der Waals surface area contributed by atoms with Gasteiger partial charge in [-0.1, -0.05) is 35.4 Å². The van der Waals surface area contributed by atoms with Crippen molar-refractivity contribution in [3.05, 3.63) is 41.8 Å². The maximum Gasteiger partial charge on any atom is 0.318 e. The van der Waals surface area contributed by atoms with Gasteiger partial charge in [-0.3, -0.25) is 4.79 Å². The van der Waals surface area contributed by atoms with Crippen molar-refractivity contribution in [3.63, 3.8) is 0 Å². The first-order valence-electron chi connectivity index (χ1n) is 8.19. The lowest BCUT2D eigenvalue weighted by atomic mass is 10.1. The number of hydrogen-bond acceptors (Lipinski definition) is 6. The van der Waals surface area contributed by atoms with Crippen molar-refractivity contribution in [3.8, 4) is 0 Å². The Morgan fingerprint density at radius 2 is 2.00 bits per heavy atom. The molecule has 1 fully saturated rings. The summed E-state index contributed by atoms with van der Waals surface area (Å²) < 4.78 is 10.8. The summed E-state index contributed by atoms with van der Waals surface area (Å²) in [6.07, 6.45) is 3.49. The lowest BCUT2D eigenvalue weighted by molar-refractivity contribution is -0.125. The maximum atomic E-state index is 12.0. The zero-order chi connectivity index (χ0) is 16.8. The van der Waals surface area contributed by atoms with Crippen LogP contribution in [0.4, 0.5) is 6.01 Å². The SMILES string of the molecule is COCC(=O)NC(c1ccccc1)c1nnc(N2CCCCC2)o1. The standard InChI is InChI=1S/C17H22N4O3/c1-23-12-14(22)18-15(13-8-4-2-5-9-13)16-19-20-17(24-16)21-10-6-3-7-11-21/h2,4-5,8-9,15H,3,6-7,10-12H2,1H3,(H,18,22). The molecule has 0 bridgehead atoms. The summed E-state index contributed by atoms with van der Waals surface area (Å²) >= 11 is 0. The lowest BCUT2D eigenvalue weighted by Crippen LogP contribution is -2.32. The molecule has 2 aromatic rings. The first kappa shape index (κ1) is 16.4. The van der Waals surface area contributed by atoms with Crippen LogP contribution < -0.4 is 10.2 Å². The quantitative estimate of drug-likeness (QED) is 0.871. The van der Waals surface area contributed by atoms with E-state index in [1.165, 1.54) is 13.5 Å². The highest BCUT2D eigenvalue weighted by Gasteiger charge is 2.25. The van der Waals surface area contributed by atoms with E-state index < -0.39 is 6.04 Å². The number of benzene rings is 1. The van der Waals surface area contributed by atoms with E-state index in [9.17, 15) is 4.79 Å². The number of nitrogens with one attached hydrogen (secondary N) is 1. The minimum absolute atomic E-state index is 0.0174. The normalized spacial score (nSPS) is 16.0. The molecule has 1 aliphatic rings. The van der Waals surface area contributed by atoms with E-state index in [2.05, 4.69) is 20.4 Å². The van der Waals surface area contributed by atoms with Gasteiger partial charge in [-0.15, -0.1) is 5.10 Å². The Hall–Kier alpha value is -2.41. The van der Waals surface area contributed by atoms with Crippen LogP contribution in [0.25, 0.3) is 0 Å². The predicted molar refractivity (Wildman–Crippen MR) is 88.7 cm³/mol. The second kappa shape index (κ2) is 7.92. The van der Waals surface area contributed by atoms with Crippen LogP contribution in [0.3, 0.4) is 0 Å². The van der Waals surface area contributed by atoms with Gasteiger partial charge in [-0.2, -0.15) is 0 Å². The number of carbonyl (C=O) groups excluding carboxylic acids is 1. The number of ether oxygens (including phenoxy) is 1. The average Bonchev–Trinajstić information content (AvgIpc) is 3.11. The molecule has 1 atom stereocenters. The molecule has 0 spiro atoms. The van der Waals surface area contributed by atoms with Gasteiger partial charge in [0.05, 0.1) is 0 Å². The first-order chi connectivity index (χ1) is 11.8. The Morgan fingerprint density at radius 1 is 1.25 bits per heavy atom. The van der Waals surface area contributed by atoms with Gasteiger partial charge in [0.1, 0.15) is 12.6 Å². The fourth-order valence-corrected chi connectivity index (χ4v) is 2.82. The molecular weight excluding hydrogens is 308 g/mol. The van der Waals surface area contributed by atoms with E-state index >= 15 is 0 Å². The summed E-state index contributed by atoms with van der Waals surface area (Å²) in [6, 6.07) is 9.61. The summed E-state index contributed by atoms with van der Waals surface area (Å²) in [5, 5.41) is 11.2. The highest BCUT2D eigenvalue weighted by molar-refractivity contribution is 5.78. The van der Waals surface area contributed by atoms with E-state index in [1.807, 2.05) is 30.3 Å². The molecule has 1 N–H and O–H groups in total. The van der Waals surface area contributed by atoms with Crippen molar-refractivity contribution in [2.75, 3.05) is 31.7 Å². The molecule has 1 aromatic carbocycles. The number of rotatable bonds is 6. The van der Waals surface area contributed by atoms with Crippen molar-refractivity contribution in [2.24, 2.45) is 0 Å². The third kappa shape index (κ3) is 3.91. The van der Waals surface area contributed by atoms with Gasteiger partial charge in [0, 0.05) is 20.2 Å². The van der Waals surface area contributed by atoms with Crippen LogP contribution in [-0.4, -0.2) is 42.9 Å². The molecule has 7 heteroatoms. The minimum Gasteiger partial charge on any atom is -0.405 e. The van der Waals surface area contributed by atoms with Gasteiger partial charge in [0.25, 0.3) is 0 Å². The third-order valence-corrected chi connectivity index (χ3v) is 4.02. The number of piperidine rings is 1. The number of carbonyl (C=O) groups is 1. The largest absolute Gasteiger partial charge is 0.405 e. The monoisotopic (exact) mass is 330 g/mol. The fourth-order valence-electron chi connectivity index (χ4n) is 2.82. The summed E-state index contributed by atoms with van der Waals surface area (Å²) in [5.74, 6) is 0.148. The molecule has 1 unspecified atom stereocenters. The van der Waals surface area contributed by atoms with E-state index in [1.54, 1.807) is 0 Å². The number of nitrogens with zero attached hydrogens (tertiary/aromatic N) is 3. The van der Waals surface area contributed by atoms with Crippen molar-refractivity contribution in [1.29, 1.82) is 0 Å². The van der Waals surface area contributed by atoms with Gasteiger partial charge in [-0.25, -0.2) is 0 Å². The van der Waals surface area contributed by atoms with Crippen LogP contribution in [0.1, 0.15) is 36.8 Å². The topological polar surface area (TPSA) is 80.5 Å². The Bertz CT molecular complexity index is 653. The molecule has 1 aromatic heterocycles. The number of aromatic nitrogens is 2. The Morgan fingerprint density at radius 3 is 2.71 bits per heavy atom. The van der Waals surface area contributed by atoms with Crippen molar-refractivity contribution < 1.29 is 13.9 Å². The third-order valence-electron chi connectivity index (χ3n) is 4.02. The molecule has 1 amide bonds. The summed E-state index contributed by atoms with van der Waals surface area (Å²) in [6.45, 7) is 1.83. The smallest absolute Gasteiger partial charge is 0.318 e. The molecule has 1 saturated heterocycles. The Labute approximate surface area is 141 Å². The number of amides is 1. The molecule has 3 rings (SSSR count). The van der Waals surface area contributed by atoms with Crippen LogP contribution in [-0.2, 0) is 9.53 Å². The van der Waals surface area contributed by atoms with E-state index in [4.69, 9.17) is 9.15 Å². The molecule has 0 saturated carbocycles. The molecule has 128 valence electrons. The summed E-state index contributed by atoms with van der Waals surface area (Å²) in [4.78, 5) is 14.1. The zero-order valence-corrected chi connectivity index (χ0v) is 13.8. The van der Waals surface area contributed by atoms with Crippen molar-refractivity contribution >= 4 is 11.9 Å². The van der Waals surface area contributed by atoms with Crippen molar-refractivity contribution in [2.45, 2.75) is 25.3 Å². The van der Waals surface area contributed by atoms with Gasteiger partial charge in [-0.05, 0) is 24.8 Å². The van der Waals surface area contributed by atoms with Gasteiger partial charge in [0.15, 0.2) is 0 Å². The van der Waals surface area contributed by atoms with Crippen LogP contribution in [0.2, 0.25) is 0 Å². The van der Waals surface area contributed by atoms with Gasteiger partial charge < -0.3 is 19.4 Å². The number of anilines is 1. The maximum absolute atomic E-state index is 12.0. The fraction of sp³-hybridized carbons (Fsp3) is 0.471. The molecular formula is C17H22N4O3. The second-order valence-electron chi connectivity index (χ2n) is 5.81. The number of hydrogen-bond donors (Lipinski definition) is 1. The highest BCUT2D eigenvalue weighted by atomic mass is 16.5.